The van der Waals surface area contributed by atoms with Crippen molar-refractivity contribution in [2.45, 2.75) is 26.2 Å². The van der Waals surface area contributed by atoms with Gasteiger partial charge < -0.3 is 42.6 Å². The summed E-state index contributed by atoms with van der Waals surface area (Å²) in [6.45, 7) is 10.1. The molecule has 0 aromatic heterocycles. The molecule has 0 bridgehead atoms. The van der Waals surface area contributed by atoms with Crippen molar-refractivity contribution in [1.82, 2.24) is 0 Å². The molecule has 0 spiro atoms. The van der Waals surface area contributed by atoms with Crippen LogP contribution in [0.5, 0.6) is 0 Å². The van der Waals surface area contributed by atoms with Gasteiger partial charge in [0.15, 0.2) is 0 Å². The third kappa shape index (κ3) is 27.2. The van der Waals surface area contributed by atoms with E-state index < -0.39 is 5.97 Å². The van der Waals surface area contributed by atoms with Gasteiger partial charge >= 0.3 is 5.97 Å². The molecule has 0 fully saturated rings. The average Bonchev–Trinajstić information content (AvgIpc) is 2.81. The maximum atomic E-state index is 10.8. The standard InChI is InChI=1S/C22H44O10/c1-3-4-5-6-25-7-8-26-9-10-27-11-12-28-13-14-29-15-16-30-17-18-31-19-20-32-21-22(23)24-2/h3-21H2,1-2H3. The molecule has 0 rings (SSSR count). The molecule has 0 unspecified atom stereocenters. The highest BCUT2D eigenvalue weighted by atomic mass is 16.6. The second-order valence-corrected chi connectivity index (χ2v) is 6.62. The minimum Gasteiger partial charge on any atom is -0.467 e. The predicted octanol–water partition coefficient (Wildman–Crippen LogP) is 1.48. The smallest absolute Gasteiger partial charge is 0.331 e. The molecule has 0 amide bonds. The van der Waals surface area contributed by atoms with E-state index in [0.29, 0.717) is 92.5 Å². The van der Waals surface area contributed by atoms with Crippen LogP contribution in [0.2, 0.25) is 0 Å². The molecule has 0 N–H and O–H groups in total. The summed E-state index contributed by atoms with van der Waals surface area (Å²) in [5.41, 5.74) is 0. The number of esters is 1. The van der Waals surface area contributed by atoms with Gasteiger partial charge in [0.2, 0.25) is 0 Å². The fourth-order valence-electron chi connectivity index (χ4n) is 2.21. The summed E-state index contributed by atoms with van der Waals surface area (Å²) in [6.07, 6.45) is 3.54. The number of rotatable bonds is 27. The summed E-state index contributed by atoms with van der Waals surface area (Å²) in [5.74, 6) is -0.400. The topological polar surface area (TPSA) is 100 Å². The van der Waals surface area contributed by atoms with Gasteiger partial charge in [0.05, 0.1) is 99.6 Å². The first-order valence-corrected chi connectivity index (χ1v) is 11.5. The maximum Gasteiger partial charge on any atom is 0.331 e. The van der Waals surface area contributed by atoms with Crippen LogP contribution in [0.25, 0.3) is 0 Å². The third-order valence-corrected chi connectivity index (χ3v) is 3.94. The second-order valence-electron chi connectivity index (χ2n) is 6.62. The lowest BCUT2D eigenvalue weighted by Gasteiger charge is -2.08. The molecular formula is C22H44O10. The van der Waals surface area contributed by atoms with E-state index in [9.17, 15) is 4.79 Å². The molecule has 0 aliphatic carbocycles. The summed E-state index contributed by atoms with van der Waals surface area (Å²) in [7, 11) is 1.32. The van der Waals surface area contributed by atoms with Gasteiger partial charge in [0.1, 0.15) is 6.61 Å². The molecule has 32 heavy (non-hydrogen) atoms. The van der Waals surface area contributed by atoms with E-state index >= 15 is 0 Å². The summed E-state index contributed by atoms with van der Waals surface area (Å²) in [5, 5.41) is 0. The Morgan fingerprint density at radius 1 is 0.469 bits per heavy atom. The van der Waals surface area contributed by atoms with Crippen molar-refractivity contribution in [3.05, 3.63) is 0 Å². The van der Waals surface area contributed by atoms with Crippen LogP contribution in [-0.4, -0.2) is 119 Å². The normalized spacial score (nSPS) is 11.2. The molecule has 0 aromatic rings. The van der Waals surface area contributed by atoms with Gasteiger partial charge in [0, 0.05) is 6.61 Å². The SMILES string of the molecule is CCCCCOCCOCCOCCOCCOCCOCCOCCOCC(=O)OC. The lowest BCUT2D eigenvalue weighted by Crippen LogP contribution is -2.16. The highest BCUT2D eigenvalue weighted by Crippen LogP contribution is 1.94. The van der Waals surface area contributed by atoms with Gasteiger partial charge in [-0.2, -0.15) is 0 Å². The van der Waals surface area contributed by atoms with Gasteiger partial charge in [0.25, 0.3) is 0 Å². The van der Waals surface area contributed by atoms with Gasteiger partial charge in [-0.25, -0.2) is 4.79 Å². The van der Waals surface area contributed by atoms with E-state index in [1.807, 2.05) is 0 Å². The number of carbonyl (C=O) groups is 1. The summed E-state index contributed by atoms with van der Waals surface area (Å²) in [4.78, 5) is 10.8. The van der Waals surface area contributed by atoms with E-state index in [4.69, 9.17) is 37.9 Å². The number of hydrogen-bond donors (Lipinski definition) is 0. The summed E-state index contributed by atoms with van der Waals surface area (Å²) >= 11 is 0. The number of methoxy groups -OCH3 is 1. The van der Waals surface area contributed by atoms with Crippen molar-refractivity contribution in [2.75, 3.05) is 113 Å². The molecule has 0 aromatic carbocycles. The van der Waals surface area contributed by atoms with E-state index in [-0.39, 0.29) is 6.61 Å². The molecular weight excluding hydrogens is 424 g/mol. The Morgan fingerprint density at radius 2 is 0.781 bits per heavy atom. The maximum absolute atomic E-state index is 10.8. The van der Waals surface area contributed by atoms with Gasteiger partial charge in [-0.3, -0.25) is 0 Å². The zero-order valence-corrected chi connectivity index (χ0v) is 20.0. The fraction of sp³-hybridized carbons (Fsp3) is 0.955. The molecule has 0 heterocycles. The van der Waals surface area contributed by atoms with Crippen LogP contribution in [0.1, 0.15) is 26.2 Å². The first-order chi connectivity index (χ1) is 15.8. The Bertz CT molecular complexity index is 371. The minimum absolute atomic E-state index is 0.0606. The fourth-order valence-corrected chi connectivity index (χ4v) is 2.21. The monoisotopic (exact) mass is 468 g/mol. The van der Waals surface area contributed by atoms with Crippen molar-refractivity contribution >= 4 is 5.97 Å². The lowest BCUT2D eigenvalue weighted by atomic mass is 10.3. The number of hydrogen-bond acceptors (Lipinski definition) is 10. The molecule has 0 aliphatic heterocycles. The number of unbranched alkanes of at least 4 members (excludes halogenated alkanes) is 2. The Labute approximate surface area is 193 Å². The van der Waals surface area contributed by atoms with E-state index in [1.165, 1.54) is 20.0 Å². The van der Waals surface area contributed by atoms with Crippen LogP contribution in [0.15, 0.2) is 0 Å². The first-order valence-electron chi connectivity index (χ1n) is 11.5. The average molecular weight is 469 g/mol. The molecule has 0 saturated carbocycles. The van der Waals surface area contributed by atoms with Gasteiger partial charge in [-0.05, 0) is 6.42 Å². The van der Waals surface area contributed by atoms with Crippen LogP contribution >= 0.6 is 0 Å². The van der Waals surface area contributed by atoms with Gasteiger partial charge in [-0.1, -0.05) is 19.8 Å². The van der Waals surface area contributed by atoms with Crippen molar-refractivity contribution in [1.29, 1.82) is 0 Å². The van der Waals surface area contributed by atoms with Crippen LogP contribution in [0.3, 0.4) is 0 Å². The van der Waals surface area contributed by atoms with Crippen molar-refractivity contribution in [3.8, 4) is 0 Å². The Hall–Kier alpha value is -0.850. The Kier molecular flexibility index (Phi) is 27.4. The first kappa shape index (κ1) is 31.1. The van der Waals surface area contributed by atoms with Crippen LogP contribution in [0.4, 0.5) is 0 Å². The molecule has 192 valence electrons. The van der Waals surface area contributed by atoms with E-state index in [2.05, 4.69) is 11.7 Å². The van der Waals surface area contributed by atoms with E-state index in [0.717, 1.165) is 13.0 Å². The zero-order chi connectivity index (χ0) is 23.4. The number of carbonyl (C=O) groups excluding carboxylic acids is 1. The molecule has 0 radical (unpaired) electrons. The van der Waals surface area contributed by atoms with Crippen LogP contribution in [0, 0.1) is 0 Å². The summed E-state index contributed by atoms with van der Waals surface area (Å²) < 4.78 is 47.3. The largest absolute Gasteiger partial charge is 0.467 e. The van der Waals surface area contributed by atoms with E-state index in [1.54, 1.807) is 0 Å². The summed E-state index contributed by atoms with van der Waals surface area (Å²) in [6, 6.07) is 0. The predicted molar refractivity (Wildman–Crippen MR) is 118 cm³/mol. The highest BCUT2D eigenvalue weighted by Gasteiger charge is 1.99. The van der Waals surface area contributed by atoms with Crippen molar-refractivity contribution in [2.24, 2.45) is 0 Å². The number of ether oxygens (including phenoxy) is 9. The molecule has 0 aliphatic rings. The minimum atomic E-state index is -0.400. The quantitative estimate of drug-likeness (QED) is 0.130. The van der Waals surface area contributed by atoms with Crippen molar-refractivity contribution < 1.29 is 47.4 Å². The molecule has 0 atom stereocenters. The van der Waals surface area contributed by atoms with Crippen molar-refractivity contribution in [3.63, 3.8) is 0 Å². The highest BCUT2D eigenvalue weighted by molar-refractivity contribution is 5.70. The zero-order valence-electron chi connectivity index (χ0n) is 20.0. The second kappa shape index (κ2) is 28.2. The Morgan fingerprint density at radius 3 is 1.09 bits per heavy atom. The molecule has 10 heteroatoms. The Balaban J connectivity index is 3.02. The molecule has 10 nitrogen and oxygen atoms in total. The molecule has 0 saturated heterocycles. The van der Waals surface area contributed by atoms with Crippen LogP contribution in [-0.2, 0) is 47.4 Å². The third-order valence-electron chi connectivity index (χ3n) is 3.94. The van der Waals surface area contributed by atoms with Crippen LogP contribution < -0.4 is 0 Å². The lowest BCUT2D eigenvalue weighted by molar-refractivity contribution is -0.146. The van der Waals surface area contributed by atoms with Gasteiger partial charge in [-0.15, -0.1) is 0 Å².